The Morgan fingerprint density at radius 2 is 0.855 bits per heavy atom. The van der Waals surface area contributed by atoms with Gasteiger partial charge in [0.15, 0.2) is 11.4 Å². The molecule has 258 valence electrons. The normalized spacial score (nSPS) is 11.7. The molecule has 55 heavy (non-hydrogen) atoms. The highest BCUT2D eigenvalue weighted by molar-refractivity contribution is 6.14. The highest BCUT2D eigenvalue weighted by Gasteiger charge is 2.24. The van der Waals surface area contributed by atoms with Crippen molar-refractivity contribution in [2.24, 2.45) is 0 Å². The Morgan fingerprint density at radius 1 is 0.418 bits per heavy atom. The lowest BCUT2D eigenvalue weighted by Crippen LogP contribution is -2.07. The van der Waals surface area contributed by atoms with Crippen molar-refractivity contribution < 1.29 is 4.42 Å². The maximum Gasteiger partial charge on any atom is 0.336 e. The number of rotatable bonds is 5. The molecule has 0 unspecified atom stereocenters. The summed E-state index contributed by atoms with van der Waals surface area (Å²) in [5, 5.41) is 5.27. The van der Waals surface area contributed by atoms with Crippen molar-refractivity contribution >= 4 is 54.6 Å². The van der Waals surface area contributed by atoms with E-state index in [1.165, 1.54) is 0 Å². The largest absolute Gasteiger partial charge is 0.420 e. The summed E-state index contributed by atoms with van der Waals surface area (Å²) >= 11 is 0. The van der Waals surface area contributed by atoms with Crippen molar-refractivity contribution in [1.82, 2.24) is 19.1 Å². The van der Waals surface area contributed by atoms with E-state index >= 15 is 0 Å². The van der Waals surface area contributed by atoms with E-state index in [0.717, 1.165) is 77.2 Å². The minimum absolute atomic E-state index is 0.467. The van der Waals surface area contributed by atoms with Crippen molar-refractivity contribution in [3.63, 3.8) is 0 Å². The van der Waals surface area contributed by atoms with E-state index in [1.807, 2.05) is 78.9 Å². The molecule has 4 heterocycles. The molecule has 0 N–H and O–H groups in total. The fourth-order valence-corrected chi connectivity index (χ4v) is 8.23. The zero-order valence-electron chi connectivity index (χ0n) is 29.4. The molecule has 0 bridgehead atoms. The summed E-state index contributed by atoms with van der Waals surface area (Å²) in [6.45, 7) is 0. The monoisotopic (exact) mass is 706 g/mol. The van der Waals surface area contributed by atoms with Crippen LogP contribution in [0.2, 0.25) is 0 Å². The van der Waals surface area contributed by atoms with Gasteiger partial charge in [-0.25, -0.2) is 14.8 Å². The quantitative estimate of drug-likeness (QED) is 0.167. The summed E-state index contributed by atoms with van der Waals surface area (Å²) in [4.78, 5) is 24.3. The number of para-hydroxylation sites is 4. The van der Waals surface area contributed by atoms with E-state index in [9.17, 15) is 4.79 Å². The van der Waals surface area contributed by atoms with Gasteiger partial charge in [-0.3, -0.25) is 0 Å². The summed E-state index contributed by atoms with van der Waals surface area (Å²) in [5.74, 6) is 0.565. The SMILES string of the molecule is O=c1cc(-c2cc(-c3ccccc3)nc(-c3ccccc3)n2)c2c(-n3c4ccccc4c4ccccc43)ccc(-n3c4ccccc4c4ccccc43)c2o1. The first-order valence-electron chi connectivity index (χ1n) is 18.3. The summed E-state index contributed by atoms with van der Waals surface area (Å²) < 4.78 is 10.9. The van der Waals surface area contributed by atoms with Crippen LogP contribution in [0.1, 0.15) is 0 Å². The summed E-state index contributed by atoms with van der Waals surface area (Å²) in [5.41, 5.74) is 9.61. The van der Waals surface area contributed by atoms with Gasteiger partial charge < -0.3 is 13.6 Å². The number of aromatic nitrogens is 4. The molecule has 0 saturated carbocycles. The van der Waals surface area contributed by atoms with Crippen molar-refractivity contribution in [2.75, 3.05) is 0 Å². The standard InChI is InChI=1S/C49H30N4O2/c54-46-29-37(39-30-38(31-15-3-1-4-16-31)50-49(51-39)32-17-5-2-6-18-32)47-44(52-40-23-11-7-19-33(40)34-20-8-12-24-41(34)52)27-28-45(48(47)55-46)53-42-25-13-9-21-35(42)36-22-10-14-26-43(36)53/h1-30H. The lowest BCUT2D eigenvalue weighted by molar-refractivity contribution is 0.560. The lowest BCUT2D eigenvalue weighted by atomic mass is 10.0. The fourth-order valence-electron chi connectivity index (χ4n) is 8.23. The predicted octanol–water partition coefficient (Wildman–Crippen LogP) is 11.8. The van der Waals surface area contributed by atoms with Crippen molar-refractivity contribution in [3.8, 4) is 45.3 Å². The van der Waals surface area contributed by atoms with Crippen LogP contribution in [0.15, 0.2) is 191 Å². The third-order valence-corrected chi connectivity index (χ3v) is 10.6. The molecule has 0 radical (unpaired) electrons. The number of fused-ring (bicyclic) bond motifs is 7. The molecule has 11 rings (SSSR count). The molecule has 11 aromatic rings. The van der Waals surface area contributed by atoms with Crippen LogP contribution in [0.5, 0.6) is 0 Å². The summed E-state index contributed by atoms with van der Waals surface area (Å²) in [6, 6.07) is 61.5. The molecular formula is C49H30N4O2. The second-order valence-electron chi connectivity index (χ2n) is 13.7. The van der Waals surface area contributed by atoms with Crippen LogP contribution in [-0.2, 0) is 0 Å². The van der Waals surface area contributed by atoms with Crippen LogP contribution < -0.4 is 5.63 Å². The Labute approximate surface area is 314 Å². The molecule has 0 fully saturated rings. The Balaban J connectivity index is 1.31. The van der Waals surface area contributed by atoms with Gasteiger partial charge in [-0.05, 0) is 42.5 Å². The molecule has 0 atom stereocenters. The van der Waals surface area contributed by atoms with Crippen LogP contribution in [-0.4, -0.2) is 19.1 Å². The first-order valence-corrected chi connectivity index (χ1v) is 18.3. The maximum absolute atomic E-state index is 14.0. The molecule has 0 spiro atoms. The van der Waals surface area contributed by atoms with Gasteiger partial charge in [0, 0.05) is 44.3 Å². The maximum atomic E-state index is 14.0. The van der Waals surface area contributed by atoms with Gasteiger partial charge in [0.05, 0.1) is 50.2 Å². The second-order valence-corrected chi connectivity index (χ2v) is 13.7. The molecule has 0 aliphatic heterocycles. The Morgan fingerprint density at radius 3 is 1.40 bits per heavy atom. The minimum atomic E-state index is -0.468. The highest BCUT2D eigenvalue weighted by atomic mass is 16.4. The van der Waals surface area contributed by atoms with E-state index in [4.69, 9.17) is 14.4 Å². The van der Waals surface area contributed by atoms with Crippen LogP contribution in [0, 0.1) is 0 Å². The van der Waals surface area contributed by atoms with E-state index in [2.05, 4.69) is 106 Å². The third-order valence-electron chi connectivity index (χ3n) is 10.6. The number of hydrogen-bond donors (Lipinski definition) is 0. The Hall–Kier alpha value is -7.57. The number of nitrogens with zero attached hydrogens (tertiary/aromatic N) is 4. The van der Waals surface area contributed by atoms with Crippen LogP contribution in [0.3, 0.4) is 0 Å². The zero-order valence-corrected chi connectivity index (χ0v) is 29.4. The van der Waals surface area contributed by atoms with Crippen molar-refractivity contribution in [1.29, 1.82) is 0 Å². The van der Waals surface area contributed by atoms with Crippen molar-refractivity contribution in [3.05, 3.63) is 192 Å². The smallest absolute Gasteiger partial charge is 0.336 e. The van der Waals surface area contributed by atoms with Gasteiger partial charge in [-0.15, -0.1) is 0 Å². The molecular weight excluding hydrogens is 677 g/mol. The zero-order chi connectivity index (χ0) is 36.5. The van der Waals surface area contributed by atoms with Gasteiger partial charge in [-0.2, -0.15) is 0 Å². The molecule has 6 nitrogen and oxygen atoms in total. The van der Waals surface area contributed by atoms with E-state index in [-0.39, 0.29) is 0 Å². The van der Waals surface area contributed by atoms with Gasteiger partial charge in [0.1, 0.15) is 0 Å². The number of hydrogen-bond acceptors (Lipinski definition) is 4. The average Bonchev–Trinajstić information content (AvgIpc) is 3.76. The first kappa shape index (κ1) is 31.0. The summed E-state index contributed by atoms with van der Waals surface area (Å²) in [6.07, 6.45) is 0. The molecule has 4 aromatic heterocycles. The molecule has 6 heteroatoms. The third kappa shape index (κ3) is 4.85. The van der Waals surface area contributed by atoms with E-state index in [0.29, 0.717) is 22.7 Å². The number of benzene rings is 7. The topological polar surface area (TPSA) is 65.8 Å². The predicted molar refractivity (Wildman–Crippen MR) is 223 cm³/mol. The van der Waals surface area contributed by atoms with E-state index in [1.54, 1.807) is 6.07 Å². The van der Waals surface area contributed by atoms with Crippen LogP contribution in [0.4, 0.5) is 0 Å². The molecule has 0 amide bonds. The van der Waals surface area contributed by atoms with Gasteiger partial charge in [0.25, 0.3) is 0 Å². The average molecular weight is 707 g/mol. The van der Waals surface area contributed by atoms with Crippen LogP contribution >= 0.6 is 0 Å². The molecule has 0 aliphatic carbocycles. The van der Waals surface area contributed by atoms with E-state index < -0.39 is 5.63 Å². The van der Waals surface area contributed by atoms with Gasteiger partial charge in [0.2, 0.25) is 0 Å². The Bertz CT molecular complexity index is 3180. The minimum Gasteiger partial charge on any atom is -0.420 e. The molecule has 0 saturated heterocycles. The second kappa shape index (κ2) is 12.3. The molecule has 0 aliphatic rings. The highest BCUT2D eigenvalue weighted by Crippen LogP contribution is 2.42. The summed E-state index contributed by atoms with van der Waals surface area (Å²) in [7, 11) is 0. The van der Waals surface area contributed by atoms with Crippen LogP contribution in [0.25, 0.3) is 99.9 Å². The first-order chi connectivity index (χ1) is 27.2. The van der Waals surface area contributed by atoms with Gasteiger partial charge in [-0.1, -0.05) is 133 Å². The van der Waals surface area contributed by atoms with Gasteiger partial charge >= 0.3 is 5.63 Å². The lowest BCUT2D eigenvalue weighted by Gasteiger charge is -2.18. The molecule has 7 aromatic carbocycles. The van der Waals surface area contributed by atoms with Crippen molar-refractivity contribution in [2.45, 2.75) is 0 Å². The Kier molecular flexibility index (Phi) is 6.91. The fraction of sp³-hybridized carbons (Fsp3) is 0.